The first-order valence-electron chi connectivity index (χ1n) is 9.20. The smallest absolute Gasteiger partial charge is 0.417 e. The zero-order chi connectivity index (χ0) is 21.6. The lowest BCUT2D eigenvalue weighted by atomic mass is 10.2. The van der Waals surface area contributed by atoms with Gasteiger partial charge in [-0.1, -0.05) is 36.7 Å². The summed E-state index contributed by atoms with van der Waals surface area (Å²) in [5.74, 6) is 1.93. The van der Waals surface area contributed by atoms with Crippen molar-refractivity contribution in [3.05, 3.63) is 77.4 Å². The van der Waals surface area contributed by atoms with E-state index in [1.807, 2.05) is 37.3 Å². The third-order valence-corrected chi connectivity index (χ3v) is 4.38. The van der Waals surface area contributed by atoms with Gasteiger partial charge in [0.15, 0.2) is 0 Å². The molecule has 0 fully saturated rings. The van der Waals surface area contributed by atoms with E-state index in [1.165, 1.54) is 0 Å². The highest BCUT2D eigenvalue weighted by Gasteiger charge is 2.32. The number of ether oxygens (including phenoxy) is 3. The van der Waals surface area contributed by atoms with Gasteiger partial charge in [0, 0.05) is 6.20 Å². The Balaban J connectivity index is 1.56. The summed E-state index contributed by atoms with van der Waals surface area (Å²) in [7, 11) is 0. The van der Waals surface area contributed by atoms with Crippen LogP contribution in [0.4, 0.5) is 13.2 Å². The van der Waals surface area contributed by atoms with Crippen molar-refractivity contribution in [2.24, 2.45) is 0 Å². The molecule has 30 heavy (non-hydrogen) atoms. The van der Waals surface area contributed by atoms with E-state index in [4.69, 9.17) is 25.8 Å². The molecule has 1 atom stereocenters. The maximum absolute atomic E-state index is 12.7. The van der Waals surface area contributed by atoms with E-state index in [0.717, 1.165) is 11.8 Å². The molecule has 8 heteroatoms. The van der Waals surface area contributed by atoms with Crippen LogP contribution in [0.15, 0.2) is 66.9 Å². The highest BCUT2D eigenvalue weighted by molar-refractivity contribution is 6.31. The van der Waals surface area contributed by atoms with E-state index in [2.05, 4.69) is 4.98 Å². The Bertz CT molecular complexity index is 950. The average Bonchev–Trinajstić information content (AvgIpc) is 2.73. The van der Waals surface area contributed by atoms with E-state index in [-0.39, 0.29) is 17.5 Å². The molecule has 0 spiro atoms. The van der Waals surface area contributed by atoms with E-state index in [9.17, 15) is 13.2 Å². The number of hydrogen-bond donors (Lipinski definition) is 0. The Morgan fingerprint density at radius 1 is 0.967 bits per heavy atom. The summed E-state index contributed by atoms with van der Waals surface area (Å²) in [4.78, 5) is 3.69. The van der Waals surface area contributed by atoms with Gasteiger partial charge in [-0.3, -0.25) is 0 Å². The number of aromatic nitrogens is 1. The minimum absolute atomic E-state index is 0.0632. The van der Waals surface area contributed by atoms with Gasteiger partial charge >= 0.3 is 6.18 Å². The largest absolute Gasteiger partial charge is 0.490 e. The minimum Gasteiger partial charge on any atom is -0.490 e. The molecule has 3 aromatic rings. The van der Waals surface area contributed by atoms with Gasteiger partial charge in [0.1, 0.15) is 35.0 Å². The number of alkyl halides is 3. The maximum atomic E-state index is 12.7. The first kappa shape index (κ1) is 21.8. The van der Waals surface area contributed by atoms with Gasteiger partial charge in [0.05, 0.1) is 5.56 Å². The van der Waals surface area contributed by atoms with Crippen molar-refractivity contribution >= 4 is 11.6 Å². The normalized spacial score (nSPS) is 12.3. The second kappa shape index (κ2) is 9.71. The molecule has 0 N–H and O–H groups in total. The number of hydrogen-bond acceptors (Lipinski definition) is 4. The van der Waals surface area contributed by atoms with Crippen LogP contribution in [0.25, 0.3) is 0 Å². The Kier molecular flexibility index (Phi) is 7.05. The molecule has 0 aliphatic carbocycles. The fourth-order valence-corrected chi connectivity index (χ4v) is 2.69. The first-order valence-corrected chi connectivity index (χ1v) is 9.58. The van der Waals surface area contributed by atoms with Gasteiger partial charge in [0.25, 0.3) is 0 Å². The molecular formula is C22H19ClF3NO3. The van der Waals surface area contributed by atoms with Gasteiger partial charge in [-0.15, -0.1) is 0 Å². The SMILES string of the molecule is CCC(COc1ccc(Oc2ccccc2)cc1)Oc1ncc(C(F)(F)F)cc1Cl. The van der Waals surface area contributed by atoms with E-state index in [1.54, 1.807) is 24.3 Å². The number of halogens is 4. The third-order valence-electron chi connectivity index (χ3n) is 4.11. The van der Waals surface area contributed by atoms with Crippen molar-refractivity contribution in [3.8, 4) is 23.1 Å². The number of para-hydroxylation sites is 1. The lowest BCUT2D eigenvalue weighted by molar-refractivity contribution is -0.137. The van der Waals surface area contributed by atoms with Crippen LogP contribution in [-0.2, 0) is 6.18 Å². The summed E-state index contributed by atoms with van der Waals surface area (Å²) < 4.78 is 55.2. The standard InChI is InChI=1S/C22H19ClF3NO3/c1-2-16(30-21-20(23)12-15(13-27-21)22(24,25)26)14-28-17-8-10-19(11-9-17)29-18-6-4-3-5-7-18/h3-13,16H,2,14H2,1H3. The van der Waals surface area contributed by atoms with Crippen LogP contribution in [0, 0.1) is 0 Å². The Hall–Kier alpha value is -2.93. The highest BCUT2D eigenvalue weighted by Crippen LogP contribution is 2.33. The molecule has 1 aromatic heterocycles. The van der Waals surface area contributed by atoms with Gasteiger partial charge in [-0.05, 0) is 48.9 Å². The molecule has 0 saturated heterocycles. The zero-order valence-corrected chi connectivity index (χ0v) is 16.8. The molecule has 0 bridgehead atoms. The lowest BCUT2D eigenvalue weighted by Crippen LogP contribution is -2.24. The number of benzene rings is 2. The Morgan fingerprint density at radius 3 is 2.20 bits per heavy atom. The van der Waals surface area contributed by atoms with Crippen LogP contribution < -0.4 is 14.2 Å². The lowest BCUT2D eigenvalue weighted by Gasteiger charge is -2.19. The average molecular weight is 438 g/mol. The van der Waals surface area contributed by atoms with Crippen molar-refractivity contribution in [2.45, 2.75) is 25.6 Å². The van der Waals surface area contributed by atoms with Crippen LogP contribution in [0.1, 0.15) is 18.9 Å². The molecule has 1 unspecified atom stereocenters. The predicted octanol–water partition coefficient (Wildman–Crippen LogP) is 6.78. The molecule has 2 aromatic carbocycles. The fourth-order valence-electron chi connectivity index (χ4n) is 2.48. The maximum Gasteiger partial charge on any atom is 0.417 e. The number of nitrogens with zero attached hydrogens (tertiary/aromatic N) is 1. The van der Waals surface area contributed by atoms with Crippen molar-refractivity contribution in [1.82, 2.24) is 4.98 Å². The van der Waals surface area contributed by atoms with Crippen molar-refractivity contribution < 1.29 is 27.4 Å². The third kappa shape index (κ3) is 6.03. The van der Waals surface area contributed by atoms with Crippen LogP contribution in [0.3, 0.4) is 0 Å². The van der Waals surface area contributed by atoms with Crippen molar-refractivity contribution in [3.63, 3.8) is 0 Å². The number of pyridine rings is 1. The quantitative estimate of drug-likeness (QED) is 0.389. The predicted molar refractivity (Wildman–Crippen MR) is 107 cm³/mol. The van der Waals surface area contributed by atoms with Crippen LogP contribution in [0.5, 0.6) is 23.1 Å². The summed E-state index contributed by atoms with van der Waals surface area (Å²) in [6.45, 7) is 2.04. The molecule has 0 saturated carbocycles. The van der Waals surface area contributed by atoms with Crippen LogP contribution in [0.2, 0.25) is 5.02 Å². The van der Waals surface area contributed by atoms with Gasteiger partial charge in [-0.2, -0.15) is 13.2 Å². The summed E-state index contributed by atoms with van der Waals surface area (Å²) in [6, 6.07) is 17.2. The zero-order valence-electron chi connectivity index (χ0n) is 16.0. The second-order valence-electron chi connectivity index (χ2n) is 6.35. The summed E-state index contributed by atoms with van der Waals surface area (Å²) >= 11 is 5.90. The molecule has 0 aliphatic heterocycles. The first-order chi connectivity index (χ1) is 14.3. The minimum atomic E-state index is -4.52. The molecule has 0 amide bonds. The van der Waals surface area contributed by atoms with Gasteiger partial charge in [0.2, 0.25) is 5.88 Å². The second-order valence-corrected chi connectivity index (χ2v) is 6.76. The van der Waals surface area contributed by atoms with Gasteiger partial charge < -0.3 is 14.2 Å². The molecule has 0 aliphatic rings. The topological polar surface area (TPSA) is 40.6 Å². The van der Waals surface area contributed by atoms with E-state index in [0.29, 0.717) is 24.1 Å². The summed E-state index contributed by atoms with van der Waals surface area (Å²) in [5.41, 5.74) is -0.929. The summed E-state index contributed by atoms with van der Waals surface area (Å²) in [6.07, 6.45) is -3.71. The van der Waals surface area contributed by atoms with E-state index < -0.39 is 17.8 Å². The fraction of sp³-hybridized carbons (Fsp3) is 0.227. The van der Waals surface area contributed by atoms with E-state index >= 15 is 0 Å². The molecular weight excluding hydrogens is 419 g/mol. The van der Waals surface area contributed by atoms with Gasteiger partial charge in [-0.25, -0.2) is 4.98 Å². The highest BCUT2D eigenvalue weighted by atomic mass is 35.5. The van der Waals surface area contributed by atoms with Crippen LogP contribution >= 0.6 is 11.6 Å². The molecule has 1 heterocycles. The van der Waals surface area contributed by atoms with Crippen molar-refractivity contribution in [1.29, 1.82) is 0 Å². The Labute approximate surface area is 177 Å². The molecule has 3 rings (SSSR count). The molecule has 158 valence electrons. The molecule has 0 radical (unpaired) electrons. The monoisotopic (exact) mass is 437 g/mol. The van der Waals surface area contributed by atoms with Crippen molar-refractivity contribution in [2.75, 3.05) is 6.61 Å². The number of rotatable bonds is 8. The summed E-state index contributed by atoms with van der Waals surface area (Å²) in [5, 5.41) is -0.203. The Morgan fingerprint density at radius 2 is 1.60 bits per heavy atom. The van der Waals surface area contributed by atoms with Crippen LogP contribution in [-0.4, -0.2) is 17.7 Å². The molecule has 4 nitrogen and oxygen atoms in total.